The molecule has 0 N–H and O–H groups in total. The maximum absolute atomic E-state index is 12.9. The van der Waals surface area contributed by atoms with Crippen molar-refractivity contribution < 1.29 is 9.53 Å². The first kappa shape index (κ1) is 18.5. The lowest BCUT2D eigenvalue weighted by atomic mass is 9.92. The summed E-state index contributed by atoms with van der Waals surface area (Å²) in [6.45, 7) is 9.18. The van der Waals surface area contributed by atoms with Gasteiger partial charge < -0.3 is 19.4 Å². The van der Waals surface area contributed by atoms with Gasteiger partial charge in [-0.15, -0.1) is 0 Å². The highest BCUT2D eigenvalue weighted by atomic mass is 16.5. The number of hydrogen-bond acceptors (Lipinski definition) is 6. The Bertz CT molecular complexity index is 633. The Morgan fingerprint density at radius 1 is 1.00 bits per heavy atom. The van der Waals surface area contributed by atoms with Crippen molar-refractivity contribution in [2.75, 3.05) is 62.3 Å². The zero-order chi connectivity index (χ0) is 18.6. The van der Waals surface area contributed by atoms with Crippen LogP contribution < -0.4 is 9.80 Å². The van der Waals surface area contributed by atoms with Crippen LogP contribution in [0.25, 0.3) is 0 Å². The number of ether oxygens (including phenoxy) is 1. The third-order valence-corrected chi connectivity index (χ3v) is 6.26. The lowest BCUT2D eigenvalue weighted by Crippen LogP contribution is -2.45. The second-order valence-corrected chi connectivity index (χ2v) is 8.10. The fourth-order valence-electron chi connectivity index (χ4n) is 4.41. The Labute approximate surface area is 161 Å². The maximum atomic E-state index is 12.9. The first-order chi connectivity index (χ1) is 13.2. The Morgan fingerprint density at radius 2 is 1.70 bits per heavy atom. The highest BCUT2D eigenvalue weighted by Gasteiger charge is 2.31. The maximum Gasteiger partial charge on any atom is 0.225 e. The minimum atomic E-state index is 0.172. The van der Waals surface area contributed by atoms with Crippen LogP contribution in [0.5, 0.6) is 0 Å². The Balaban J connectivity index is 1.37. The first-order valence-corrected chi connectivity index (χ1v) is 10.4. The largest absolute Gasteiger partial charge is 0.378 e. The van der Waals surface area contributed by atoms with Crippen LogP contribution in [0.3, 0.4) is 0 Å². The summed E-state index contributed by atoms with van der Waals surface area (Å²) in [6.07, 6.45) is 7.68. The number of carbonyl (C=O) groups is 1. The van der Waals surface area contributed by atoms with Crippen molar-refractivity contribution in [1.29, 1.82) is 0 Å². The van der Waals surface area contributed by atoms with Crippen molar-refractivity contribution in [3.8, 4) is 0 Å². The second kappa shape index (κ2) is 8.42. The van der Waals surface area contributed by atoms with Gasteiger partial charge in [-0.25, -0.2) is 9.97 Å². The van der Waals surface area contributed by atoms with E-state index in [2.05, 4.69) is 31.6 Å². The number of carbonyl (C=O) groups excluding carboxylic acids is 1. The molecular formula is C20H31N5O2. The number of piperidine rings is 2. The summed E-state index contributed by atoms with van der Waals surface area (Å²) in [5.74, 6) is 2.31. The van der Waals surface area contributed by atoms with Crippen molar-refractivity contribution in [3.63, 3.8) is 0 Å². The molecule has 0 bridgehead atoms. The molecule has 1 amide bonds. The molecule has 4 heterocycles. The molecule has 4 rings (SSSR count). The Hall–Kier alpha value is -1.89. The molecule has 3 saturated heterocycles. The van der Waals surface area contributed by atoms with E-state index in [9.17, 15) is 4.79 Å². The van der Waals surface area contributed by atoms with Crippen LogP contribution in [-0.2, 0) is 9.53 Å². The molecule has 0 saturated carbocycles. The lowest BCUT2D eigenvalue weighted by Gasteiger charge is -2.38. The quantitative estimate of drug-likeness (QED) is 0.805. The highest BCUT2D eigenvalue weighted by molar-refractivity contribution is 5.79. The third kappa shape index (κ3) is 4.18. The number of nitrogens with zero attached hydrogens (tertiary/aromatic N) is 5. The van der Waals surface area contributed by atoms with Gasteiger partial charge in [-0.3, -0.25) is 4.79 Å². The van der Waals surface area contributed by atoms with Gasteiger partial charge in [0, 0.05) is 45.2 Å². The Kier molecular flexibility index (Phi) is 5.76. The number of amides is 1. The van der Waals surface area contributed by atoms with Crippen molar-refractivity contribution in [2.24, 2.45) is 11.8 Å². The van der Waals surface area contributed by atoms with Gasteiger partial charge in [0.2, 0.25) is 5.91 Å². The van der Waals surface area contributed by atoms with Gasteiger partial charge in [0.25, 0.3) is 0 Å². The van der Waals surface area contributed by atoms with Crippen LogP contribution in [0.15, 0.2) is 12.5 Å². The van der Waals surface area contributed by atoms with E-state index < -0.39 is 0 Å². The lowest BCUT2D eigenvalue weighted by molar-refractivity contribution is -0.137. The molecule has 148 valence electrons. The molecule has 27 heavy (non-hydrogen) atoms. The van der Waals surface area contributed by atoms with E-state index in [1.807, 2.05) is 6.20 Å². The molecule has 7 heteroatoms. The van der Waals surface area contributed by atoms with Gasteiger partial charge >= 0.3 is 0 Å². The zero-order valence-electron chi connectivity index (χ0n) is 16.3. The van der Waals surface area contributed by atoms with E-state index in [1.165, 1.54) is 0 Å². The van der Waals surface area contributed by atoms with E-state index in [1.54, 1.807) is 6.33 Å². The molecule has 0 radical (unpaired) electrons. The molecule has 1 aromatic heterocycles. The third-order valence-electron chi connectivity index (χ3n) is 6.26. The van der Waals surface area contributed by atoms with Gasteiger partial charge in [-0.05, 0) is 31.6 Å². The molecule has 3 aliphatic heterocycles. The van der Waals surface area contributed by atoms with Crippen LogP contribution in [-0.4, -0.2) is 73.3 Å². The molecule has 0 spiro atoms. The summed E-state index contributed by atoms with van der Waals surface area (Å²) in [7, 11) is 0. The molecule has 0 aliphatic carbocycles. The molecule has 0 atom stereocenters. The molecule has 3 aliphatic rings. The number of aromatic nitrogens is 2. The van der Waals surface area contributed by atoms with Gasteiger partial charge in [0.05, 0.1) is 25.1 Å². The number of rotatable bonds is 3. The number of morpholine rings is 1. The van der Waals surface area contributed by atoms with Gasteiger partial charge in [-0.2, -0.15) is 0 Å². The number of anilines is 2. The molecule has 7 nitrogen and oxygen atoms in total. The zero-order valence-corrected chi connectivity index (χ0v) is 16.3. The van der Waals surface area contributed by atoms with Crippen molar-refractivity contribution in [2.45, 2.75) is 32.6 Å². The topological polar surface area (TPSA) is 61.8 Å². The van der Waals surface area contributed by atoms with Crippen LogP contribution >= 0.6 is 0 Å². The summed E-state index contributed by atoms with van der Waals surface area (Å²) in [6, 6.07) is 0. The van der Waals surface area contributed by atoms with E-state index in [4.69, 9.17) is 4.74 Å². The molecule has 0 unspecified atom stereocenters. The smallest absolute Gasteiger partial charge is 0.225 e. The van der Waals surface area contributed by atoms with Gasteiger partial charge in [0.1, 0.15) is 6.33 Å². The van der Waals surface area contributed by atoms with Crippen molar-refractivity contribution in [3.05, 3.63) is 12.5 Å². The van der Waals surface area contributed by atoms with Crippen molar-refractivity contribution >= 4 is 17.4 Å². The van der Waals surface area contributed by atoms with Gasteiger partial charge in [0.15, 0.2) is 5.82 Å². The monoisotopic (exact) mass is 373 g/mol. The van der Waals surface area contributed by atoms with Crippen LogP contribution in [0.4, 0.5) is 11.5 Å². The summed E-state index contributed by atoms with van der Waals surface area (Å²) in [5, 5.41) is 0. The Morgan fingerprint density at radius 3 is 2.41 bits per heavy atom. The van der Waals surface area contributed by atoms with Crippen molar-refractivity contribution in [1.82, 2.24) is 14.9 Å². The second-order valence-electron chi connectivity index (χ2n) is 8.10. The highest BCUT2D eigenvalue weighted by Crippen LogP contribution is 2.31. The molecular weight excluding hydrogens is 342 g/mol. The fraction of sp³-hybridized carbons (Fsp3) is 0.750. The van der Waals surface area contributed by atoms with E-state index >= 15 is 0 Å². The SMILES string of the molecule is CC1CCN(C(=O)C2CCN(c3cncnc3N3CCOCC3)CC2)CC1. The predicted octanol–water partition coefficient (Wildman–Crippen LogP) is 1.79. The standard InChI is InChI=1S/C20H31N5O2/c1-16-2-6-25(7-3-16)20(26)17-4-8-23(9-5-17)18-14-21-15-22-19(18)24-10-12-27-13-11-24/h14-17H,2-13H2,1H3. The number of likely N-dealkylation sites (tertiary alicyclic amines) is 1. The minimum absolute atomic E-state index is 0.172. The van der Waals surface area contributed by atoms with Crippen LogP contribution in [0.1, 0.15) is 32.6 Å². The molecule has 3 fully saturated rings. The van der Waals surface area contributed by atoms with E-state index in [-0.39, 0.29) is 5.92 Å². The average Bonchev–Trinajstić information content (AvgIpc) is 2.74. The van der Waals surface area contributed by atoms with E-state index in [0.717, 1.165) is 95.6 Å². The summed E-state index contributed by atoms with van der Waals surface area (Å²) in [5.41, 5.74) is 1.09. The molecule has 0 aromatic carbocycles. The predicted molar refractivity (Wildman–Crippen MR) is 105 cm³/mol. The van der Waals surface area contributed by atoms with E-state index in [0.29, 0.717) is 5.91 Å². The van der Waals surface area contributed by atoms with Crippen LogP contribution in [0.2, 0.25) is 0 Å². The average molecular weight is 374 g/mol. The first-order valence-electron chi connectivity index (χ1n) is 10.4. The molecule has 1 aromatic rings. The summed E-state index contributed by atoms with van der Waals surface area (Å²) in [4.78, 5) is 28.4. The van der Waals surface area contributed by atoms with Gasteiger partial charge in [-0.1, -0.05) is 6.92 Å². The number of hydrogen-bond donors (Lipinski definition) is 0. The summed E-state index contributed by atoms with van der Waals surface area (Å²) < 4.78 is 5.47. The fourth-order valence-corrected chi connectivity index (χ4v) is 4.41. The summed E-state index contributed by atoms with van der Waals surface area (Å²) >= 11 is 0. The normalized spacial score (nSPS) is 22.9. The minimum Gasteiger partial charge on any atom is -0.378 e. The van der Waals surface area contributed by atoms with Crippen LogP contribution in [0, 0.1) is 11.8 Å².